The summed E-state index contributed by atoms with van der Waals surface area (Å²) in [6.45, 7) is 4.21. The lowest BCUT2D eigenvalue weighted by Crippen LogP contribution is -2.70. The third-order valence-corrected chi connectivity index (χ3v) is 8.09. The molecule has 0 amide bonds. The minimum Gasteiger partial charge on any atom is -0.368 e. The zero-order chi connectivity index (χ0) is 20.2. The van der Waals surface area contributed by atoms with Crippen molar-refractivity contribution < 1.29 is 24.4 Å². The van der Waals surface area contributed by atoms with Gasteiger partial charge in [0.2, 0.25) is 5.79 Å². The quantitative estimate of drug-likeness (QED) is 0.703. The lowest BCUT2D eigenvalue weighted by atomic mass is 9.57. The van der Waals surface area contributed by atoms with Gasteiger partial charge in [0.15, 0.2) is 18.2 Å². The molecule has 1 saturated carbocycles. The van der Waals surface area contributed by atoms with Gasteiger partial charge >= 0.3 is 0 Å². The molecule has 8 atom stereocenters. The van der Waals surface area contributed by atoms with Gasteiger partial charge in [0.25, 0.3) is 0 Å². The predicted molar refractivity (Wildman–Crippen MR) is 108 cm³/mol. The average molecular weight is 423 g/mol. The maximum atomic E-state index is 10.9. The SMILES string of the molecule is C[C@@H]1CC[C@H]2[C@@H](CCCc3ccc(Cl)cc3)[C@@H](O)O[C@@H]3O[C@@]4(C)CC[C@@H]1[C@]32OO4. The number of ether oxygens (including phenoxy) is 2. The molecule has 6 rings (SSSR count). The predicted octanol–water partition coefficient (Wildman–Crippen LogP) is 4.84. The second-order valence-electron chi connectivity index (χ2n) is 9.62. The van der Waals surface area contributed by atoms with Crippen LogP contribution in [0.25, 0.3) is 0 Å². The van der Waals surface area contributed by atoms with Crippen LogP contribution in [0.2, 0.25) is 5.02 Å². The third kappa shape index (κ3) is 3.35. The van der Waals surface area contributed by atoms with E-state index >= 15 is 0 Å². The Morgan fingerprint density at radius 3 is 2.69 bits per heavy atom. The molecule has 0 aromatic heterocycles. The van der Waals surface area contributed by atoms with Crippen molar-refractivity contribution in [3.63, 3.8) is 0 Å². The van der Waals surface area contributed by atoms with Gasteiger partial charge in [-0.1, -0.05) is 30.7 Å². The van der Waals surface area contributed by atoms with E-state index in [0.29, 0.717) is 11.8 Å². The summed E-state index contributed by atoms with van der Waals surface area (Å²) in [4.78, 5) is 12.0. The highest BCUT2D eigenvalue weighted by Crippen LogP contribution is 2.60. The van der Waals surface area contributed by atoms with E-state index in [0.717, 1.165) is 50.0 Å². The van der Waals surface area contributed by atoms with Crippen molar-refractivity contribution in [2.45, 2.75) is 82.8 Å². The van der Waals surface area contributed by atoms with Crippen LogP contribution < -0.4 is 0 Å². The number of hydrogen-bond acceptors (Lipinski definition) is 5. The maximum absolute atomic E-state index is 10.9. The third-order valence-electron chi connectivity index (χ3n) is 7.84. The van der Waals surface area contributed by atoms with E-state index < -0.39 is 24.0 Å². The zero-order valence-corrected chi connectivity index (χ0v) is 17.9. The molecule has 1 spiro atoms. The lowest BCUT2D eigenvalue weighted by molar-refractivity contribution is -0.577. The van der Waals surface area contributed by atoms with Crippen molar-refractivity contribution in [1.29, 1.82) is 0 Å². The van der Waals surface area contributed by atoms with E-state index in [1.54, 1.807) is 0 Å². The minimum atomic E-state index is -0.832. The highest BCUT2D eigenvalue weighted by molar-refractivity contribution is 6.30. The van der Waals surface area contributed by atoms with Crippen molar-refractivity contribution in [1.82, 2.24) is 0 Å². The number of fused-ring (bicyclic) bond motifs is 2. The van der Waals surface area contributed by atoms with Crippen LogP contribution in [-0.4, -0.2) is 29.1 Å². The highest BCUT2D eigenvalue weighted by atomic mass is 35.5. The number of aryl methyl sites for hydroxylation is 1. The molecule has 5 fully saturated rings. The molecule has 6 heteroatoms. The van der Waals surface area contributed by atoms with Crippen molar-refractivity contribution >= 4 is 11.6 Å². The van der Waals surface area contributed by atoms with Crippen LogP contribution >= 0.6 is 11.6 Å². The molecule has 4 aliphatic heterocycles. The Hall–Kier alpha value is -0.690. The molecule has 1 aromatic rings. The maximum Gasteiger partial charge on any atom is 0.201 e. The number of benzene rings is 1. The summed E-state index contributed by atoms with van der Waals surface area (Å²) in [6.07, 6.45) is 5.35. The van der Waals surface area contributed by atoms with Gasteiger partial charge in [-0.25, -0.2) is 9.78 Å². The Balaban J connectivity index is 1.37. The van der Waals surface area contributed by atoms with Crippen LogP contribution in [0.5, 0.6) is 0 Å². The van der Waals surface area contributed by atoms with Gasteiger partial charge in [0.05, 0.1) is 0 Å². The van der Waals surface area contributed by atoms with Gasteiger partial charge in [-0.15, -0.1) is 0 Å². The molecule has 5 nitrogen and oxygen atoms in total. The number of halogens is 1. The normalized spacial score (nSPS) is 46.2. The Morgan fingerprint density at radius 1 is 1.10 bits per heavy atom. The van der Waals surface area contributed by atoms with Crippen molar-refractivity contribution in [2.24, 2.45) is 23.7 Å². The smallest absolute Gasteiger partial charge is 0.201 e. The van der Waals surface area contributed by atoms with Gasteiger partial charge in [0, 0.05) is 23.3 Å². The van der Waals surface area contributed by atoms with Crippen molar-refractivity contribution in [2.75, 3.05) is 0 Å². The lowest BCUT2D eigenvalue weighted by Gasteiger charge is -2.60. The molecule has 4 heterocycles. The molecule has 1 N–H and O–H groups in total. The molecule has 5 aliphatic rings. The molecule has 29 heavy (non-hydrogen) atoms. The molecular weight excluding hydrogens is 392 g/mol. The van der Waals surface area contributed by atoms with Crippen LogP contribution in [-0.2, 0) is 25.7 Å². The summed E-state index contributed by atoms with van der Waals surface area (Å²) >= 11 is 5.99. The van der Waals surface area contributed by atoms with Crippen LogP contribution in [0.3, 0.4) is 0 Å². The molecule has 160 valence electrons. The molecule has 2 bridgehead atoms. The molecule has 1 aliphatic carbocycles. The summed E-state index contributed by atoms with van der Waals surface area (Å²) in [6, 6.07) is 8.00. The van der Waals surface area contributed by atoms with E-state index in [-0.39, 0.29) is 11.8 Å². The Bertz CT molecular complexity index is 741. The van der Waals surface area contributed by atoms with E-state index in [2.05, 4.69) is 19.1 Å². The standard InChI is InChI=1S/C23H31ClO5/c1-14-6-11-19-17(5-3-4-15-7-9-16(24)10-8-15)20(25)26-21-23(19)18(14)12-13-22(2,27-21)28-29-23/h7-10,14,17-21,25H,3-6,11-13H2,1-2H3/t14-,17-,18+,19+,20+,21-,22-,23-/m1/s1. The number of aliphatic hydroxyl groups excluding tert-OH is 1. The van der Waals surface area contributed by atoms with Gasteiger partial charge < -0.3 is 14.6 Å². The summed E-state index contributed by atoms with van der Waals surface area (Å²) in [5, 5.41) is 11.7. The van der Waals surface area contributed by atoms with E-state index in [1.165, 1.54) is 5.56 Å². The molecule has 0 radical (unpaired) electrons. The first kappa shape index (κ1) is 20.2. The fourth-order valence-corrected chi connectivity index (χ4v) is 6.40. The zero-order valence-electron chi connectivity index (χ0n) is 17.2. The summed E-state index contributed by atoms with van der Waals surface area (Å²) < 4.78 is 12.3. The van der Waals surface area contributed by atoms with Crippen LogP contribution in [0.4, 0.5) is 0 Å². The van der Waals surface area contributed by atoms with Crippen molar-refractivity contribution in [3.8, 4) is 0 Å². The van der Waals surface area contributed by atoms with Gasteiger partial charge in [-0.2, -0.15) is 0 Å². The summed E-state index contributed by atoms with van der Waals surface area (Å²) in [5.41, 5.74) is 0.648. The van der Waals surface area contributed by atoms with E-state index in [4.69, 9.17) is 30.8 Å². The fourth-order valence-electron chi connectivity index (χ4n) is 6.27. The van der Waals surface area contributed by atoms with Gasteiger partial charge in [-0.05, 0) is 75.0 Å². The largest absolute Gasteiger partial charge is 0.368 e. The average Bonchev–Trinajstić information content (AvgIpc) is 2.92. The topological polar surface area (TPSA) is 57.2 Å². The summed E-state index contributed by atoms with van der Waals surface area (Å²) in [7, 11) is 0. The van der Waals surface area contributed by atoms with Crippen LogP contribution in [0.1, 0.15) is 57.9 Å². The monoisotopic (exact) mass is 422 g/mol. The van der Waals surface area contributed by atoms with E-state index in [9.17, 15) is 5.11 Å². The van der Waals surface area contributed by atoms with Gasteiger partial charge in [-0.3, -0.25) is 0 Å². The van der Waals surface area contributed by atoms with Crippen molar-refractivity contribution in [3.05, 3.63) is 34.9 Å². The second kappa shape index (κ2) is 7.47. The first-order valence-corrected chi connectivity index (χ1v) is 11.4. The minimum absolute atomic E-state index is 0.0169. The Morgan fingerprint density at radius 2 is 1.90 bits per heavy atom. The highest BCUT2D eigenvalue weighted by Gasteiger charge is 2.69. The second-order valence-corrected chi connectivity index (χ2v) is 10.1. The molecule has 4 saturated heterocycles. The first-order valence-electron chi connectivity index (χ1n) is 11.0. The number of rotatable bonds is 4. The van der Waals surface area contributed by atoms with Gasteiger partial charge in [0.1, 0.15) is 0 Å². The van der Waals surface area contributed by atoms with Crippen LogP contribution in [0, 0.1) is 23.7 Å². The number of hydrogen-bond donors (Lipinski definition) is 1. The van der Waals surface area contributed by atoms with E-state index in [1.807, 2.05) is 19.1 Å². The van der Waals surface area contributed by atoms with Crippen LogP contribution in [0.15, 0.2) is 24.3 Å². The Labute approximate surface area is 177 Å². The number of aliphatic hydroxyl groups is 1. The molecule has 1 aromatic carbocycles. The molecular formula is C23H31ClO5. The Kier molecular flexibility index (Phi) is 5.21. The first-order chi connectivity index (χ1) is 13.9. The summed E-state index contributed by atoms with van der Waals surface area (Å²) in [5.74, 6) is 0.240. The fraction of sp³-hybridized carbons (Fsp3) is 0.739. The molecule has 0 unspecified atom stereocenters.